The van der Waals surface area contributed by atoms with E-state index >= 15 is 0 Å². The summed E-state index contributed by atoms with van der Waals surface area (Å²) < 4.78 is 0. The minimum atomic E-state index is -0.0550. The normalized spacial score (nSPS) is 20.0. The zero-order chi connectivity index (χ0) is 20.8. The lowest BCUT2D eigenvalue weighted by molar-refractivity contribution is -0.121. The van der Waals surface area contributed by atoms with Crippen molar-refractivity contribution < 1.29 is 9.59 Å². The summed E-state index contributed by atoms with van der Waals surface area (Å²) >= 11 is 0. The summed E-state index contributed by atoms with van der Waals surface area (Å²) in [5.74, 6) is -0.00721. The van der Waals surface area contributed by atoms with Gasteiger partial charge in [-0.1, -0.05) is 42.5 Å². The van der Waals surface area contributed by atoms with Crippen LogP contribution in [-0.4, -0.2) is 47.8 Å². The average molecular weight is 406 g/mol. The third kappa shape index (κ3) is 5.08. The molecular weight excluding hydrogens is 374 g/mol. The first kappa shape index (κ1) is 20.6. The monoisotopic (exact) mass is 405 g/mol. The van der Waals surface area contributed by atoms with Gasteiger partial charge in [-0.15, -0.1) is 0 Å². The Labute approximate surface area is 179 Å². The number of likely N-dealkylation sites (tertiary alicyclic amines) is 2. The number of anilines is 1. The van der Waals surface area contributed by atoms with Gasteiger partial charge in [-0.2, -0.15) is 0 Å². The van der Waals surface area contributed by atoms with Gasteiger partial charge in [0.2, 0.25) is 5.91 Å². The topological polar surface area (TPSA) is 52.7 Å². The number of hydrogen-bond donors (Lipinski definition) is 1. The molecule has 4 rings (SSSR count). The summed E-state index contributed by atoms with van der Waals surface area (Å²) in [5, 5.41) is 3.07. The highest BCUT2D eigenvalue weighted by atomic mass is 16.2. The molecule has 158 valence electrons. The lowest BCUT2D eigenvalue weighted by Gasteiger charge is -2.32. The summed E-state index contributed by atoms with van der Waals surface area (Å²) in [6.45, 7) is 4.25. The van der Waals surface area contributed by atoms with Crippen LogP contribution in [0, 0.1) is 5.92 Å². The lowest BCUT2D eigenvalue weighted by Crippen LogP contribution is -2.40. The molecule has 1 N–H and O–H groups in total. The number of para-hydroxylation sites is 1. The molecule has 0 bridgehead atoms. The van der Waals surface area contributed by atoms with E-state index in [0.29, 0.717) is 11.3 Å². The Kier molecular flexibility index (Phi) is 6.80. The molecular formula is C25H31N3O2. The third-order valence-electron chi connectivity index (χ3n) is 6.18. The molecule has 1 atom stereocenters. The van der Waals surface area contributed by atoms with Crippen molar-refractivity contribution in [2.45, 2.75) is 38.6 Å². The van der Waals surface area contributed by atoms with Gasteiger partial charge in [0.15, 0.2) is 0 Å². The van der Waals surface area contributed by atoms with Crippen molar-refractivity contribution in [2.75, 3.05) is 31.5 Å². The number of piperidine rings is 2. The number of nitrogens with zero attached hydrogens (tertiary/aromatic N) is 2. The molecule has 2 aromatic carbocycles. The molecule has 1 unspecified atom stereocenters. The predicted octanol–water partition coefficient (Wildman–Crippen LogP) is 4.16. The zero-order valence-corrected chi connectivity index (χ0v) is 17.6. The van der Waals surface area contributed by atoms with Crippen LogP contribution in [0.5, 0.6) is 0 Å². The van der Waals surface area contributed by atoms with Crippen molar-refractivity contribution in [1.29, 1.82) is 0 Å². The third-order valence-corrected chi connectivity index (χ3v) is 6.18. The van der Waals surface area contributed by atoms with E-state index in [9.17, 15) is 9.59 Å². The maximum atomic E-state index is 13.1. The van der Waals surface area contributed by atoms with Gasteiger partial charge < -0.3 is 10.2 Å². The molecule has 0 aliphatic carbocycles. The van der Waals surface area contributed by atoms with Gasteiger partial charge in [0.1, 0.15) is 0 Å². The van der Waals surface area contributed by atoms with Crippen molar-refractivity contribution >= 4 is 17.5 Å². The standard InChI is InChI=1S/C25H31N3O2/c29-24(21-12-9-15-27(19-21)18-20-10-3-1-4-11-20)26-23-14-6-5-13-22(23)25(30)28-16-7-2-8-17-28/h1,3-6,10-11,13-14,21H,2,7-9,12,15-19H2,(H,26,29). The van der Waals surface area contributed by atoms with Gasteiger partial charge in [0.05, 0.1) is 17.2 Å². The molecule has 5 nitrogen and oxygen atoms in total. The summed E-state index contributed by atoms with van der Waals surface area (Å²) in [4.78, 5) is 30.3. The second-order valence-corrected chi connectivity index (χ2v) is 8.45. The Morgan fingerprint density at radius 2 is 1.60 bits per heavy atom. The van der Waals surface area contributed by atoms with Gasteiger partial charge in [0, 0.05) is 26.2 Å². The molecule has 2 amide bonds. The largest absolute Gasteiger partial charge is 0.339 e. The molecule has 2 aliphatic heterocycles. The van der Waals surface area contributed by atoms with Gasteiger partial charge >= 0.3 is 0 Å². The smallest absolute Gasteiger partial charge is 0.255 e. The highest BCUT2D eigenvalue weighted by Crippen LogP contribution is 2.24. The SMILES string of the molecule is O=C(Nc1ccccc1C(=O)N1CCCCC1)C1CCCN(Cc2ccccc2)C1. The summed E-state index contributed by atoms with van der Waals surface area (Å²) in [6.07, 6.45) is 5.20. The van der Waals surface area contributed by atoms with Crippen LogP contribution in [0.2, 0.25) is 0 Å². The van der Waals surface area contributed by atoms with E-state index in [-0.39, 0.29) is 17.7 Å². The minimum Gasteiger partial charge on any atom is -0.339 e. The number of hydrogen-bond acceptors (Lipinski definition) is 3. The molecule has 0 radical (unpaired) electrons. The molecule has 2 aliphatic rings. The number of carbonyl (C=O) groups is 2. The second-order valence-electron chi connectivity index (χ2n) is 8.45. The Morgan fingerprint density at radius 3 is 2.40 bits per heavy atom. The average Bonchev–Trinajstić information content (AvgIpc) is 2.80. The fourth-order valence-electron chi connectivity index (χ4n) is 4.54. The van der Waals surface area contributed by atoms with E-state index in [0.717, 1.165) is 58.4 Å². The number of nitrogens with one attached hydrogen (secondary N) is 1. The number of rotatable bonds is 5. The second kappa shape index (κ2) is 9.90. The van der Waals surface area contributed by atoms with Gasteiger partial charge in [-0.05, 0) is 56.3 Å². The molecule has 5 heteroatoms. The summed E-state index contributed by atoms with van der Waals surface area (Å²) in [7, 11) is 0. The summed E-state index contributed by atoms with van der Waals surface area (Å²) in [6, 6.07) is 17.8. The Balaban J connectivity index is 1.40. The van der Waals surface area contributed by atoms with Crippen LogP contribution in [-0.2, 0) is 11.3 Å². The van der Waals surface area contributed by atoms with E-state index in [2.05, 4.69) is 34.5 Å². The van der Waals surface area contributed by atoms with E-state index < -0.39 is 0 Å². The van der Waals surface area contributed by atoms with Crippen LogP contribution in [0.15, 0.2) is 54.6 Å². The van der Waals surface area contributed by atoms with E-state index in [4.69, 9.17) is 0 Å². The minimum absolute atomic E-state index is 0.0201. The Morgan fingerprint density at radius 1 is 0.867 bits per heavy atom. The van der Waals surface area contributed by atoms with E-state index in [1.807, 2.05) is 35.2 Å². The van der Waals surface area contributed by atoms with Crippen molar-refractivity contribution in [1.82, 2.24) is 9.80 Å². The number of benzene rings is 2. The summed E-state index contributed by atoms with van der Waals surface area (Å²) in [5.41, 5.74) is 2.51. The fourth-order valence-corrected chi connectivity index (χ4v) is 4.54. The molecule has 2 fully saturated rings. The molecule has 30 heavy (non-hydrogen) atoms. The first-order chi connectivity index (χ1) is 14.7. The Hall–Kier alpha value is -2.66. The van der Waals surface area contributed by atoms with Crippen LogP contribution in [0.25, 0.3) is 0 Å². The number of amides is 2. The van der Waals surface area contributed by atoms with Crippen molar-refractivity contribution in [3.8, 4) is 0 Å². The first-order valence-electron chi connectivity index (χ1n) is 11.2. The van der Waals surface area contributed by atoms with Gasteiger partial charge in [-0.25, -0.2) is 0 Å². The Bertz CT molecular complexity index is 862. The predicted molar refractivity (Wildman–Crippen MR) is 119 cm³/mol. The van der Waals surface area contributed by atoms with Crippen molar-refractivity contribution in [3.05, 3.63) is 65.7 Å². The van der Waals surface area contributed by atoms with Crippen LogP contribution in [0.1, 0.15) is 48.0 Å². The van der Waals surface area contributed by atoms with Crippen LogP contribution in [0.3, 0.4) is 0 Å². The lowest BCUT2D eigenvalue weighted by atomic mass is 9.96. The molecule has 0 aromatic heterocycles. The van der Waals surface area contributed by atoms with Crippen LogP contribution < -0.4 is 5.32 Å². The fraction of sp³-hybridized carbons (Fsp3) is 0.440. The maximum Gasteiger partial charge on any atom is 0.255 e. The van der Waals surface area contributed by atoms with Crippen molar-refractivity contribution in [3.63, 3.8) is 0 Å². The van der Waals surface area contributed by atoms with Crippen molar-refractivity contribution in [2.24, 2.45) is 5.92 Å². The van der Waals surface area contributed by atoms with Crippen LogP contribution in [0.4, 0.5) is 5.69 Å². The highest BCUT2D eigenvalue weighted by molar-refractivity contribution is 6.04. The zero-order valence-electron chi connectivity index (χ0n) is 17.6. The van der Waals surface area contributed by atoms with Gasteiger partial charge in [0.25, 0.3) is 5.91 Å². The maximum absolute atomic E-state index is 13.1. The molecule has 2 heterocycles. The number of carbonyl (C=O) groups excluding carboxylic acids is 2. The van der Waals surface area contributed by atoms with Gasteiger partial charge in [-0.3, -0.25) is 14.5 Å². The molecule has 2 saturated heterocycles. The molecule has 0 spiro atoms. The first-order valence-corrected chi connectivity index (χ1v) is 11.2. The molecule has 0 saturated carbocycles. The highest BCUT2D eigenvalue weighted by Gasteiger charge is 2.27. The quantitative estimate of drug-likeness (QED) is 0.813. The van der Waals surface area contributed by atoms with E-state index in [1.54, 1.807) is 0 Å². The van der Waals surface area contributed by atoms with Crippen LogP contribution >= 0.6 is 0 Å². The van der Waals surface area contributed by atoms with E-state index in [1.165, 1.54) is 12.0 Å². The molecule has 2 aromatic rings.